The van der Waals surface area contributed by atoms with Gasteiger partial charge >= 0.3 is 6.09 Å². The maximum atomic E-state index is 13.6. The molecule has 14 heteroatoms. The molecule has 1 aliphatic rings. The summed E-state index contributed by atoms with van der Waals surface area (Å²) in [7, 11) is 1.77. The Labute approximate surface area is 290 Å². The molecule has 1 aliphatic heterocycles. The number of piperidine rings is 1. The van der Waals surface area contributed by atoms with Gasteiger partial charge in [0.2, 0.25) is 0 Å². The Hall–Kier alpha value is -4.82. The first-order valence-corrected chi connectivity index (χ1v) is 17.1. The molecule has 252 valence electrons. The van der Waals surface area contributed by atoms with E-state index < -0.39 is 11.7 Å². The van der Waals surface area contributed by atoms with Gasteiger partial charge in [0.1, 0.15) is 12.1 Å². The largest absolute Gasteiger partial charge is 0.445 e. The first-order chi connectivity index (χ1) is 23.7. The molecule has 4 aromatic heterocycles. The number of rotatable bonds is 10. The van der Waals surface area contributed by atoms with Gasteiger partial charge in [-0.05, 0) is 41.5 Å². The number of aliphatic hydroxyl groups is 1. The third kappa shape index (κ3) is 7.30. The second kappa shape index (κ2) is 14.0. The molecule has 0 bridgehead atoms. The minimum atomic E-state index is -1.06. The smallest absolute Gasteiger partial charge is 0.407 e. The number of hydrogen-bond donors (Lipinski definition) is 2. The number of thiophene rings is 1. The zero-order valence-electron chi connectivity index (χ0n) is 26.7. The first kappa shape index (κ1) is 32.7. The van der Waals surface area contributed by atoms with E-state index in [-0.39, 0.29) is 24.2 Å². The van der Waals surface area contributed by atoms with E-state index in [0.717, 1.165) is 27.1 Å². The van der Waals surface area contributed by atoms with Crippen LogP contribution in [0, 0.1) is 0 Å². The number of carbonyl (C=O) groups excluding carboxylic acids is 1. The predicted molar refractivity (Wildman–Crippen MR) is 186 cm³/mol. The highest BCUT2D eigenvalue weighted by Crippen LogP contribution is 2.30. The van der Waals surface area contributed by atoms with Crippen molar-refractivity contribution in [2.45, 2.75) is 44.7 Å². The zero-order chi connectivity index (χ0) is 34.0. The Bertz CT molecular complexity index is 2120. The molecule has 7 rings (SSSR count). The number of aromatic nitrogens is 5. The van der Waals surface area contributed by atoms with Gasteiger partial charge in [-0.15, -0.1) is 11.3 Å². The Morgan fingerprint density at radius 2 is 1.92 bits per heavy atom. The third-order valence-corrected chi connectivity index (χ3v) is 10.0. The molecule has 5 heterocycles. The number of carbonyl (C=O) groups is 1. The SMILES string of the molecule is Cn1nc2c(=O)n(CC3(O)CCN(Cc4ccc(-c5cnco5)cc4Cl)CC3)cnc2c1-c1ccc(COC(=O)NCc2cccs2)cc1. The minimum absolute atomic E-state index is 0.122. The summed E-state index contributed by atoms with van der Waals surface area (Å²) in [5.74, 6) is 0.658. The van der Waals surface area contributed by atoms with E-state index >= 15 is 0 Å². The molecule has 0 radical (unpaired) electrons. The molecule has 1 saturated heterocycles. The van der Waals surface area contributed by atoms with E-state index in [1.807, 2.05) is 60.0 Å². The predicted octanol–water partition coefficient (Wildman–Crippen LogP) is 5.62. The molecule has 1 fully saturated rings. The fourth-order valence-electron chi connectivity index (χ4n) is 6.09. The maximum Gasteiger partial charge on any atom is 0.407 e. The number of halogens is 1. The van der Waals surface area contributed by atoms with Crippen LogP contribution in [-0.2, 0) is 38.0 Å². The van der Waals surface area contributed by atoms with E-state index in [0.29, 0.717) is 61.0 Å². The number of aryl methyl sites for hydroxylation is 1. The molecule has 2 N–H and O–H groups in total. The molecule has 0 saturated carbocycles. The molecule has 2 aromatic carbocycles. The highest BCUT2D eigenvalue weighted by molar-refractivity contribution is 7.09. The normalized spacial score (nSPS) is 14.7. The number of amides is 1. The fraction of sp³-hybridized carbons (Fsp3) is 0.286. The number of oxazole rings is 1. The van der Waals surface area contributed by atoms with Crippen molar-refractivity contribution in [3.05, 3.63) is 110 Å². The molecular weight excluding hydrogens is 666 g/mol. The quantitative estimate of drug-likeness (QED) is 0.186. The topological polar surface area (TPSA) is 141 Å². The molecule has 6 aromatic rings. The van der Waals surface area contributed by atoms with Crippen LogP contribution in [0.4, 0.5) is 4.79 Å². The molecule has 1 amide bonds. The van der Waals surface area contributed by atoms with Crippen LogP contribution in [0.15, 0.2) is 88.1 Å². The van der Waals surface area contributed by atoms with Gasteiger partial charge in [0.25, 0.3) is 5.56 Å². The summed E-state index contributed by atoms with van der Waals surface area (Å²) in [6.07, 6.45) is 5.03. The van der Waals surface area contributed by atoms with Crippen LogP contribution in [0.2, 0.25) is 5.02 Å². The van der Waals surface area contributed by atoms with Gasteiger partial charge < -0.3 is 19.6 Å². The van der Waals surface area contributed by atoms with Crippen molar-refractivity contribution in [2.24, 2.45) is 7.05 Å². The number of nitrogens with one attached hydrogen (secondary N) is 1. The summed E-state index contributed by atoms with van der Waals surface area (Å²) < 4.78 is 13.8. The molecule has 0 aliphatic carbocycles. The Morgan fingerprint density at radius 3 is 2.63 bits per heavy atom. The average Bonchev–Trinajstić information content (AvgIpc) is 3.89. The summed E-state index contributed by atoms with van der Waals surface area (Å²) in [5, 5.41) is 21.4. The highest BCUT2D eigenvalue weighted by Gasteiger charge is 2.33. The molecule has 12 nitrogen and oxygen atoms in total. The van der Waals surface area contributed by atoms with E-state index in [1.54, 1.807) is 29.3 Å². The second-order valence-corrected chi connectivity index (χ2v) is 13.7. The van der Waals surface area contributed by atoms with Crippen molar-refractivity contribution in [2.75, 3.05) is 13.1 Å². The van der Waals surface area contributed by atoms with Crippen LogP contribution >= 0.6 is 22.9 Å². The van der Waals surface area contributed by atoms with Crippen molar-refractivity contribution >= 4 is 40.1 Å². The van der Waals surface area contributed by atoms with Crippen LogP contribution < -0.4 is 10.9 Å². The van der Waals surface area contributed by atoms with E-state index in [4.69, 9.17) is 20.8 Å². The van der Waals surface area contributed by atoms with Crippen molar-refractivity contribution in [1.82, 2.24) is 34.5 Å². The first-order valence-electron chi connectivity index (χ1n) is 15.8. The zero-order valence-corrected chi connectivity index (χ0v) is 28.3. The Kier molecular flexibility index (Phi) is 9.32. The van der Waals surface area contributed by atoms with Crippen molar-refractivity contribution in [3.63, 3.8) is 0 Å². The molecule has 49 heavy (non-hydrogen) atoms. The Morgan fingerprint density at radius 1 is 1.12 bits per heavy atom. The lowest BCUT2D eigenvalue weighted by Gasteiger charge is -2.38. The number of alkyl carbamates (subject to hydrolysis) is 1. The lowest BCUT2D eigenvalue weighted by Crippen LogP contribution is -2.47. The summed E-state index contributed by atoms with van der Waals surface area (Å²) in [6, 6.07) is 17.2. The number of ether oxygens (including phenoxy) is 1. The summed E-state index contributed by atoms with van der Waals surface area (Å²) in [4.78, 5) is 37.5. The van der Waals surface area contributed by atoms with Crippen molar-refractivity contribution in [1.29, 1.82) is 0 Å². The number of benzene rings is 2. The van der Waals surface area contributed by atoms with E-state index in [9.17, 15) is 14.7 Å². The third-order valence-electron chi connectivity index (χ3n) is 8.81. The lowest BCUT2D eigenvalue weighted by atomic mass is 9.91. The van der Waals surface area contributed by atoms with Crippen molar-refractivity contribution < 1.29 is 19.1 Å². The molecule has 0 unspecified atom stereocenters. The Balaban J connectivity index is 0.970. The summed E-state index contributed by atoms with van der Waals surface area (Å²) >= 11 is 8.16. The van der Waals surface area contributed by atoms with Crippen LogP contribution in [0.5, 0.6) is 0 Å². The van der Waals surface area contributed by atoms with Crippen LogP contribution in [0.25, 0.3) is 33.6 Å². The van der Waals surface area contributed by atoms with Gasteiger partial charge in [0, 0.05) is 47.7 Å². The number of hydrogen-bond acceptors (Lipinski definition) is 10. The van der Waals surface area contributed by atoms with Gasteiger partial charge in [-0.3, -0.25) is 18.9 Å². The molecule has 0 atom stereocenters. The summed E-state index contributed by atoms with van der Waals surface area (Å²) in [5.41, 5.74) is 3.53. The van der Waals surface area contributed by atoms with E-state index in [2.05, 4.69) is 25.3 Å². The molecular formula is C35H34ClN7O5S. The monoisotopic (exact) mass is 699 g/mol. The molecule has 0 spiro atoms. The van der Waals surface area contributed by atoms with Gasteiger partial charge in [-0.1, -0.05) is 54.1 Å². The fourth-order valence-corrected chi connectivity index (χ4v) is 6.98. The average molecular weight is 700 g/mol. The number of nitrogens with zero attached hydrogens (tertiary/aromatic N) is 6. The van der Waals surface area contributed by atoms with Gasteiger partial charge in [0.15, 0.2) is 17.7 Å². The van der Waals surface area contributed by atoms with Gasteiger partial charge in [-0.25, -0.2) is 14.8 Å². The van der Waals surface area contributed by atoms with E-state index in [1.165, 1.54) is 17.3 Å². The standard InChI is InChI=1S/C35H34ClN7O5S/c1-41-32(24-6-4-23(5-7-24)19-47-34(45)38-16-27-3-2-14-49-27)30-31(40-41)33(44)43(21-39-30)20-35(46)10-12-42(13-11-35)18-26-9-8-25(15-28(26)36)29-17-37-22-48-29/h2-9,14-15,17,21-22,46H,10-13,16,18-20H2,1H3,(H,38,45). The van der Waals surface area contributed by atoms with Gasteiger partial charge in [-0.2, -0.15) is 5.10 Å². The van der Waals surface area contributed by atoms with Crippen LogP contribution in [0.1, 0.15) is 28.8 Å². The van der Waals surface area contributed by atoms with Crippen LogP contribution in [-0.4, -0.2) is 59.1 Å². The second-order valence-electron chi connectivity index (χ2n) is 12.2. The highest BCUT2D eigenvalue weighted by atomic mass is 35.5. The van der Waals surface area contributed by atoms with Crippen molar-refractivity contribution in [3.8, 4) is 22.6 Å². The van der Waals surface area contributed by atoms with Gasteiger partial charge in [0.05, 0.1) is 36.9 Å². The lowest BCUT2D eigenvalue weighted by molar-refractivity contribution is -0.0364. The minimum Gasteiger partial charge on any atom is -0.445 e. The number of likely N-dealkylation sites (tertiary alicyclic amines) is 1. The number of fused-ring (bicyclic) bond motifs is 1. The maximum absolute atomic E-state index is 13.6. The van der Waals surface area contributed by atoms with Crippen LogP contribution in [0.3, 0.4) is 0 Å². The summed E-state index contributed by atoms with van der Waals surface area (Å²) in [6.45, 7) is 2.61.